The van der Waals surface area contributed by atoms with E-state index in [1.807, 2.05) is 31.2 Å². The minimum atomic E-state index is -0.318. The smallest absolute Gasteiger partial charge is 0.321 e. The number of rotatable bonds is 2. The van der Waals surface area contributed by atoms with E-state index >= 15 is 0 Å². The maximum absolute atomic E-state index is 12.3. The van der Waals surface area contributed by atoms with Crippen LogP contribution in [0.2, 0.25) is 0 Å². The topological polar surface area (TPSA) is 52.7 Å². The van der Waals surface area contributed by atoms with Crippen LogP contribution in [0.3, 0.4) is 0 Å². The van der Waals surface area contributed by atoms with Gasteiger partial charge < -0.3 is 5.32 Å². The fourth-order valence-corrected chi connectivity index (χ4v) is 2.86. The molecular weight excluding hydrogens is 254 g/mol. The van der Waals surface area contributed by atoms with Crippen molar-refractivity contribution in [3.05, 3.63) is 29.8 Å². The third kappa shape index (κ3) is 2.41. The van der Waals surface area contributed by atoms with Crippen LogP contribution in [0.1, 0.15) is 24.8 Å². The number of hydrogen-bond acceptors (Lipinski definition) is 3. The molecule has 0 aliphatic carbocycles. The summed E-state index contributed by atoms with van der Waals surface area (Å²) in [5.74, 6) is -0.130. The van der Waals surface area contributed by atoms with Gasteiger partial charge in [-0.1, -0.05) is 17.7 Å². The van der Waals surface area contributed by atoms with Crippen LogP contribution in [0.5, 0.6) is 0 Å². The quantitative estimate of drug-likeness (QED) is 0.895. The molecular formula is C15H19N3O2. The molecule has 2 aliphatic rings. The summed E-state index contributed by atoms with van der Waals surface area (Å²) in [5.41, 5.74) is 1.74. The summed E-state index contributed by atoms with van der Waals surface area (Å²) in [7, 11) is 0. The summed E-state index contributed by atoms with van der Waals surface area (Å²) in [6, 6.07) is 7.11. The van der Waals surface area contributed by atoms with Crippen molar-refractivity contribution in [2.45, 2.75) is 32.4 Å². The molecule has 5 nitrogen and oxygen atoms in total. The van der Waals surface area contributed by atoms with Crippen molar-refractivity contribution in [1.29, 1.82) is 0 Å². The molecule has 1 N–H and O–H groups in total. The Kier molecular flexibility index (Phi) is 3.44. The highest BCUT2D eigenvalue weighted by molar-refractivity contribution is 6.16. The molecule has 3 amide bonds. The molecule has 20 heavy (non-hydrogen) atoms. The number of hydrogen-bond donors (Lipinski definition) is 1. The van der Waals surface area contributed by atoms with Crippen molar-refractivity contribution >= 4 is 17.6 Å². The maximum Gasteiger partial charge on any atom is 0.329 e. The SMILES string of the molecule is Cc1ccc(N2C(=O)CC(N3CCCC3)NC2=O)cc1. The second kappa shape index (κ2) is 5.25. The lowest BCUT2D eigenvalue weighted by Gasteiger charge is -2.35. The molecule has 2 fully saturated rings. The number of carbonyl (C=O) groups excluding carboxylic acids is 2. The van der Waals surface area contributed by atoms with Crippen LogP contribution >= 0.6 is 0 Å². The van der Waals surface area contributed by atoms with Crippen molar-refractivity contribution in [2.24, 2.45) is 0 Å². The normalized spacial score (nSPS) is 24.1. The van der Waals surface area contributed by atoms with Crippen LogP contribution in [0.15, 0.2) is 24.3 Å². The van der Waals surface area contributed by atoms with Gasteiger partial charge in [-0.2, -0.15) is 0 Å². The Labute approximate surface area is 118 Å². The third-order valence-electron chi connectivity index (χ3n) is 3.98. The van der Waals surface area contributed by atoms with Crippen molar-refractivity contribution in [3.63, 3.8) is 0 Å². The molecule has 1 atom stereocenters. The van der Waals surface area contributed by atoms with Crippen LogP contribution in [0, 0.1) is 6.92 Å². The van der Waals surface area contributed by atoms with Gasteiger partial charge in [-0.25, -0.2) is 9.69 Å². The van der Waals surface area contributed by atoms with E-state index in [0.717, 1.165) is 31.5 Å². The summed E-state index contributed by atoms with van der Waals surface area (Å²) in [5, 5.41) is 2.94. The van der Waals surface area contributed by atoms with Gasteiger partial charge in [0.1, 0.15) is 0 Å². The molecule has 0 radical (unpaired) electrons. The highest BCUT2D eigenvalue weighted by Crippen LogP contribution is 2.22. The fourth-order valence-electron chi connectivity index (χ4n) is 2.86. The minimum Gasteiger partial charge on any atom is -0.321 e. The van der Waals surface area contributed by atoms with Crippen LogP contribution in [0.25, 0.3) is 0 Å². The first kappa shape index (κ1) is 13.1. The second-order valence-corrected chi connectivity index (χ2v) is 5.48. The zero-order valence-electron chi connectivity index (χ0n) is 11.6. The van der Waals surface area contributed by atoms with Crippen LogP contribution < -0.4 is 10.2 Å². The summed E-state index contributed by atoms with van der Waals surface area (Å²) in [6.45, 7) is 3.90. The van der Waals surface area contributed by atoms with Gasteiger partial charge in [0.25, 0.3) is 0 Å². The number of anilines is 1. The number of amides is 3. The van der Waals surface area contributed by atoms with E-state index in [9.17, 15) is 9.59 Å². The number of likely N-dealkylation sites (tertiary alicyclic amines) is 1. The first-order chi connectivity index (χ1) is 9.65. The molecule has 106 valence electrons. The van der Waals surface area contributed by atoms with Gasteiger partial charge in [-0.3, -0.25) is 9.69 Å². The average Bonchev–Trinajstić information content (AvgIpc) is 2.94. The van der Waals surface area contributed by atoms with Crippen molar-refractivity contribution < 1.29 is 9.59 Å². The molecule has 0 spiro atoms. The average molecular weight is 273 g/mol. The molecule has 1 aromatic rings. The number of imide groups is 1. The molecule has 2 saturated heterocycles. The Morgan fingerprint density at radius 3 is 2.35 bits per heavy atom. The zero-order valence-corrected chi connectivity index (χ0v) is 11.6. The van der Waals surface area contributed by atoms with E-state index in [-0.39, 0.29) is 18.1 Å². The van der Waals surface area contributed by atoms with Crippen LogP contribution in [0.4, 0.5) is 10.5 Å². The number of benzene rings is 1. The van der Waals surface area contributed by atoms with Crippen molar-refractivity contribution in [3.8, 4) is 0 Å². The number of nitrogens with zero attached hydrogens (tertiary/aromatic N) is 2. The van der Waals surface area contributed by atoms with Gasteiger partial charge in [0.15, 0.2) is 0 Å². The molecule has 0 saturated carbocycles. The third-order valence-corrected chi connectivity index (χ3v) is 3.98. The molecule has 2 heterocycles. The monoisotopic (exact) mass is 273 g/mol. The number of nitrogens with one attached hydrogen (secondary N) is 1. The first-order valence-electron chi connectivity index (χ1n) is 7.09. The minimum absolute atomic E-state index is 0.130. The van der Waals surface area contributed by atoms with E-state index in [4.69, 9.17) is 0 Å². The Hall–Kier alpha value is -1.88. The Morgan fingerprint density at radius 2 is 1.75 bits per heavy atom. The molecule has 1 unspecified atom stereocenters. The molecule has 5 heteroatoms. The summed E-state index contributed by atoms with van der Waals surface area (Å²) in [6.07, 6.45) is 2.49. The van der Waals surface area contributed by atoms with E-state index in [1.165, 1.54) is 4.90 Å². The van der Waals surface area contributed by atoms with Gasteiger partial charge in [-0.15, -0.1) is 0 Å². The predicted molar refractivity (Wildman–Crippen MR) is 76.4 cm³/mol. The highest BCUT2D eigenvalue weighted by atomic mass is 16.2. The van der Waals surface area contributed by atoms with Gasteiger partial charge in [0.05, 0.1) is 18.3 Å². The summed E-state index contributed by atoms with van der Waals surface area (Å²) in [4.78, 5) is 27.9. The predicted octanol–water partition coefficient (Wildman–Crippen LogP) is 1.86. The molecule has 1 aromatic carbocycles. The molecule has 3 rings (SSSR count). The summed E-state index contributed by atoms with van der Waals surface area (Å²) < 4.78 is 0. The lowest BCUT2D eigenvalue weighted by Crippen LogP contribution is -2.60. The Balaban J connectivity index is 1.76. The molecule has 0 bridgehead atoms. The Bertz CT molecular complexity index is 502. The standard InChI is InChI=1S/C15H19N3O2/c1-11-4-6-12(7-5-11)18-14(19)10-13(16-15(18)20)17-8-2-3-9-17/h4-7,13H,2-3,8-10H2,1H3,(H,16,20). The largest absolute Gasteiger partial charge is 0.329 e. The van der Waals surface area contributed by atoms with E-state index in [0.29, 0.717) is 12.1 Å². The van der Waals surface area contributed by atoms with Gasteiger partial charge >= 0.3 is 6.03 Å². The van der Waals surface area contributed by atoms with E-state index < -0.39 is 0 Å². The number of carbonyl (C=O) groups is 2. The van der Waals surface area contributed by atoms with Crippen molar-refractivity contribution in [2.75, 3.05) is 18.0 Å². The summed E-state index contributed by atoms with van der Waals surface area (Å²) >= 11 is 0. The van der Waals surface area contributed by atoms with E-state index in [2.05, 4.69) is 10.2 Å². The second-order valence-electron chi connectivity index (χ2n) is 5.48. The van der Waals surface area contributed by atoms with Gasteiger partial charge in [0, 0.05) is 13.1 Å². The lowest BCUT2D eigenvalue weighted by molar-refractivity contribution is -0.120. The lowest BCUT2D eigenvalue weighted by atomic mass is 10.1. The fraction of sp³-hybridized carbons (Fsp3) is 0.467. The van der Waals surface area contributed by atoms with Crippen molar-refractivity contribution in [1.82, 2.24) is 10.2 Å². The first-order valence-corrected chi connectivity index (χ1v) is 7.09. The van der Waals surface area contributed by atoms with Gasteiger partial charge in [-0.05, 0) is 31.9 Å². The number of aryl methyl sites for hydroxylation is 1. The van der Waals surface area contributed by atoms with E-state index in [1.54, 1.807) is 0 Å². The zero-order chi connectivity index (χ0) is 14.1. The number of urea groups is 1. The Morgan fingerprint density at radius 1 is 1.10 bits per heavy atom. The van der Waals surface area contributed by atoms with Gasteiger partial charge in [0.2, 0.25) is 5.91 Å². The molecule has 0 aromatic heterocycles. The van der Waals surface area contributed by atoms with Crippen LogP contribution in [-0.4, -0.2) is 36.1 Å². The van der Waals surface area contributed by atoms with Crippen LogP contribution in [-0.2, 0) is 4.79 Å². The maximum atomic E-state index is 12.3. The highest BCUT2D eigenvalue weighted by Gasteiger charge is 2.36. The molecule has 2 aliphatic heterocycles.